The van der Waals surface area contributed by atoms with Gasteiger partial charge in [-0.25, -0.2) is 28.2 Å². The molecule has 0 aromatic carbocycles. The molecule has 6 atom stereocenters. The van der Waals surface area contributed by atoms with E-state index in [0.717, 1.165) is 4.90 Å². The maximum Gasteiger partial charge on any atom is 0.427 e. The Morgan fingerprint density at radius 1 is 1.08 bits per heavy atom. The quantitative estimate of drug-likeness (QED) is 0.270. The first-order valence-electron chi connectivity index (χ1n) is 20.1. The Bertz CT molecular complexity index is 2130. The molecule has 6 rings (SSSR count). The van der Waals surface area contributed by atoms with Gasteiger partial charge in [0.2, 0.25) is 33.3 Å². The lowest BCUT2D eigenvalue weighted by Gasteiger charge is -2.34. The van der Waals surface area contributed by atoms with E-state index in [9.17, 15) is 40.8 Å². The summed E-state index contributed by atoms with van der Waals surface area (Å²) in [6, 6.07) is -1.28. The van der Waals surface area contributed by atoms with Crippen LogP contribution in [-0.4, -0.2) is 113 Å². The lowest BCUT2D eigenvalue weighted by Crippen LogP contribution is -2.60. The summed E-state index contributed by atoms with van der Waals surface area (Å²) in [6.45, 7) is 6.28. The SMILES string of the molecule is CCOc1nc2cc(OC)ncc2nc1O[C@@H]1C[C@H]2C(=O)N[C@]3(C(=O)NS(=O)(=O)C4(C)CC4)C[C@H]3/C=C\CCCC[C@@H](CC)[C@H](NC(=O)OC(C)(C)C(F)(F)F)C(=O)N2C1. The van der Waals surface area contributed by atoms with Crippen molar-refractivity contribution in [3.8, 4) is 17.6 Å². The molecular weight excluding hydrogens is 816 g/mol. The van der Waals surface area contributed by atoms with Crippen molar-refractivity contribution in [2.45, 2.75) is 133 Å². The molecule has 0 unspecified atom stereocenters. The molecule has 0 spiro atoms. The Kier molecular flexibility index (Phi) is 12.5. The minimum Gasteiger partial charge on any atom is -0.481 e. The predicted octanol–water partition coefficient (Wildman–Crippen LogP) is 4.25. The number of carbonyl (C=O) groups excluding carboxylic acids is 4. The zero-order valence-electron chi connectivity index (χ0n) is 34.4. The van der Waals surface area contributed by atoms with Gasteiger partial charge in [-0.15, -0.1) is 0 Å². The van der Waals surface area contributed by atoms with E-state index in [1.807, 2.05) is 6.08 Å². The molecule has 4 amide bonds. The van der Waals surface area contributed by atoms with Crippen molar-refractivity contribution in [3.05, 3.63) is 24.4 Å². The molecule has 60 heavy (non-hydrogen) atoms. The summed E-state index contributed by atoms with van der Waals surface area (Å²) < 4.78 is 90.9. The normalized spacial score (nSPS) is 27.6. The van der Waals surface area contributed by atoms with E-state index in [0.29, 0.717) is 69.8 Å². The van der Waals surface area contributed by atoms with Crippen LogP contribution in [0, 0.1) is 11.8 Å². The number of alkyl carbamates (subject to hydrolysis) is 1. The number of halogens is 3. The molecule has 0 radical (unpaired) electrons. The molecule has 4 aliphatic rings. The fraction of sp³-hybridized carbons (Fsp3) is 0.667. The smallest absolute Gasteiger partial charge is 0.427 e. The average Bonchev–Trinajstić information content (AvgIpc) is 4.06. The van der Waals surface area contributed by atoms with Crippen molar-refractivity contribution < 1.29 is 59.7 Å². The van der Waals surface area contributed by atoms with Crippen molar-refractivity contribution in [2.75, 3.05) is 20.3 Å². The molecule has 4 heterocycles. The lowest BCUT2D eigenvalue weighted by molar-refractivity contribution is -0.244. The number of ether oxygens (including phenoxy) is 4. The first-order valence-corrected chi connectivity index (χ1v) is 21.6. The van der Waals surface area contributed by atoms with Crippen LogP contribution in [0.5, 0.6) is 17.6 Å². The average molecular weight is 868 g/mol. The molecule has 2 aromatic rings. The van der Waals surface area contributed by atoms with Crippen LogP contribution >= 0.6 is 0 Å². The molecule has 330 valence electrons. The monoisotopic (exact) mass is 867 g/mol. The van der Waals surface area contributed by atoms with Crippen molar-refractivity contribution in [1.82, 2.24) is 35.2 Å². The molecule has 2 aliphatic carbocycles. The molecule has 21 heteroatoms. The van der Waals surface area contributed by atoms with Crippen molar-refractivity contribution in [3.63, 3.8) is 0 Å². The van der Waals surface area contributed by atoms with E-state index >= 15 is 0 Å². The highest BCUT2D eigenvalue weighted by molar-refractivity contribution is 7.91. The number of sulfonamides is 1. The summed E-state index contributed by atoms with van der Waals surface area (Å²) >= 11 is 0. The van der Waals surface area contributed by atoms with E-state index in [4.69, 9.17) is 18.9 Å². The number of aromatic nitrogens is 3. The van der Waals surface area contributed by atoms with Gasteiger partial charge in [0.05, 0.1) is 36.7 Å². The fourth-order valence-corrected chi connectivity index (χ4v) is 8.78. The highest BCUT2D eigenvalue weighted by Gasteiger charge is 2.63. The second-order valence-electron chi connectivity index (χ2n) is 16.5. The number of methoxy groups -OCH3 is 1. The zero-order valence-corrected chi connectivity index (χ0v) is 35.2. The standard InChI is InChI=1S/C39H52F3N7O10S/c1-7-22-13-11-9-10-12-14-23-19-38(23,34(52)48-60(54,55)37(5)15-16-37)47-30(50)27-17-24(21-49(27)33(51)29(22)46-35(53)59-36(3,4)39(40,41)42)58-32-31(57-8-2)44-25-18-28(56-6)43-20-26(25)45-32/h12,14,18,20,22-24,27,29H,7-11,13,15-17,19,21H2,1-6H3,(H,46,53)(H,47,50)(H,48,52)/b14-12-/t22-,23-,24-,27+,29+,38-/m1/s1. The second kappa shape index (κ2) is 16.8. The van der Waals surface area contributed by atoms with Crippen LogP contribution in [0.15, 0.2) is 24.4 Å². The first-order chi connectivity index (χ1) is 28.2. The molecule has 2 aromatic heterocycles. The van der Waals surface area contributed by atoms with Gasteiger partial charge in [0.25, 0.3) is 17.7 Å². The van der Waals surface area contributed by atoms with E-state index < -0.39 is 85.9 Å². The highest BCUT2D eigenvalue weighted by Crippen LogP contribution is 2.48. The van der Waals surface area contributed by atoms with Gasteiger partial charge < -0.3 is 34.5 Å². The Hall–Kier alpha value is -4.95. The van der Waals surface area contributed by atoms with Gasteiger partial charge in [-0.2, -0.15) is 13.2 Å². The molecule has 3 N–H and O–H groups in total. The lowest BCUT2D eigenvalue weighted by atomic mass is 9.89. The number of hydrogen-bond donors (Lipinski definition) is 3. The zero-order chi connectivity index (χ0) is 43.8. The Morgan fingerprint density at radius 2 is 1.80 bits per heavy atom. The molecular formula is C39H52F3N7O10S. The van der Waals surface area contributed by atoms with Crippen molar-refractivity contribution in [1.29, 1.82) is 0 Å². The Balaban J connectivity index is 1.36. The van der Waals surface area contributed by atoms with Crippen LogP contribution in [0.2, 0.25) is 0 Å². The maximum absolute atomic E-state index is 14.8. The Morgan fingerprint density at radius 3 is 2.45 bits per heavy atom. The highest BCUT2D eigenvalue weighted by atomic mass is 32.2. The summed E-state index contributed by atoms with van der Waals surface area (Å²) in [4.78, 5) is 70.9. The van der Waals surface area contributed by atoms with Crippen molar-refractivity contribution in [2.24, 2.45) is 11.8 Å². The van der Waals surface area contributed by atoms with Crippen molar-refractivity contribution >= 4 is 44.9 Å². The third-order valence-corrected chi connectivity index (χ3v) is 14.0. The summed E-state index contributed by atoms with van der Waals surface area (Å²) in [5.74, 6) is -3.51. The molecule has 1 saturated heterocycles. The number of nitrogens with one attached hydrogen (secondary N) is 3. The van der Waals surface area contributed by atoms with E-state index in [-0.39, 0.29) is 43.6 Å². The number of fused-ring (bicyclic) bond motifs is 3. The molecule has 2 aliphatic heterocycles. The number of amides is 4. The number of rotatable bonds is 11. The van der Waals surface area contributed by atoms with E-state index in [1.165, 1.54) is 20.2 Å². The van der Waals surface area contributed by atoms with Gasteiger partial charge in [-0.05, 0) is 72.1 Å². The fourth-order valence-electron chi connectivity index (χ4n) is 7.47. The predicted molar refractivity (Wildman–Crippen MR) is 208 cm³/mol. The van der Waals surface area contributed by atoms with E-state index in [2.05, 4.69) is 30.3 Å². The number of hydrogen-bond acceptors (Lipinski definition) is 13. The van der Waals surface area contributed by atoms with Crippen LogP contribution in [0.1, 0.15) is 92.4 Å². The minimum absolute atomic E-state index is 0.00657. The minimum atomic E-state index is -4.93. The number of carbonyl (C=O) groups is 4. The summed E-state index contributed by atoms with van der Waals surface area (Å²) in [7, 11) is -2.66. The van der Waals surface area contributed by atoms with Gasteiger partial charge in [-0.3, -0.25) is 19.1 Å². The molecule has 0 bridgehead atoms. The molecule has 3 fully saturated rings. The third kappa shape index (κ3) is 9.19. The van der Waals surface area contributed by atoms with Gasteiger partial charge in [0, 0.05) is 18.4 Å². The third-order valence-electron chi connectivity index (χ3n) is 11.8. The van der Waals surface area contributed by atoms with E-state index in [1.54, 1.807) is 26.0 Å². The van der Waals surface area contributed by atoms with Gasteiger partial charge >= 0.3 is 12.3 Å². The van der Waals surface area contributed by atoms with Gasteiger partial charge in [0.15, 0.2) is 0 Å². The van der Waals surface area contributed by atoms with Crippen LogP contribution in [0.4, 0.5) is 18.0 Å². The van der Waals surface area contributed by atoms with Gasteiger partial charge in [-0.1, -0.05) is 31.9 Å². The largest absolute Gasteiger partial charge is 0.481 e. The number of nitrogens with zero attached hydrogens (tertiary/aromatic N) is 4. The molecule has 2 saturated carbocycles. The van der Waals surface area contributed by atoms with Crippen LogP contribution in [0.25, 0.3) is 11.0 Å². The maximum atomic E-state index is 14.8. The summed E-state index contributed by atoms with van der Waals surface area (Å²) in [6.07, 6.45) is 0.679. The summed E-state index contributed by atoms with van der Waals surface area (Å²) in [5.41, 5.74) is -3.89. The topological polar surface area (TPSA) is 217 Å². The van der Waals surface area contributed by atoms with Crippen LogP contribution in [-0.2, 0) is 29.1 Å². The summed E-state index contributed by atoms with van der Waals surface area (Å²) in [5, 5.41) is 5.17. The second-order valence-corrected chi connectivity index (χ2v) is 18.7. The van der Waals surface area contributed by atoms with Crippen LogP contribution < -0.4 is 29.6 Å². The van der Waals surface area contributed by atoms with Gasteiger partial charge in [0.1, 0.15) is 29.2 Å². The first kappa shape index (κ1) is 44.6. The van der Waals surface area contributed by atoms with Crippen LogP contribution in [0.3, 0.4) is 0 Å². The number of pyridine rings is 1. The Labute approximate surface area is 346 Å². The molecule has 17 nitrogen and oxygen atoms in total. The number of allylic oxidation sites excluding steroid dienone is 1. The number of alkyl halides is 3.